The average molecular weight is 793 g/mol. The predicted molar refractivity (Wildman–Crippen MR) is 177 cm³/mol. The third-order valence-corrected chi connectivity index (χ3v) is 9.20. The monoisotopic (exact) mass is 790 g/mol. The van der Waals surface area contributed by atoms with Gasteiger partial charge in [0.2, 0.25) is 0 Å². The predicted octanol–water partition coefficient (Wildman–Crippen LogP) is 6.31. The maximum atomic E-state index is 12.7. The molecule has 49 heavy (non-hydrogen) atoms. The van der Waals surface area contributed by atoms with Gasteiger partial charge >= 0.3 is 137 Å². The molecule has 258 valence electrons. The number of allylic oxidation sites excluding steroid dienone is 4. The van der Waals surface area contributed by atoms with Crippen molar-refractivity contribution in [1.29, 1.82) is 0 Å². The van der Waals surface area contributed by atoms with Gasteiger partial charge in [-0.1, -0.05) is 88.3 Å². The van der Waals surface area contributed by atoms with Crippen LogP contribution in [0.25, 0.3) is 21.5 Å². The quantitative estimate of drug-likeness (QED) is 0.148. The Hall–Kier alpha value is -2.86. The van der Waals surface area contributed by atoms with Gasteiger partial charge in [-0.25, -0.2) is 6.08 Å². The summed E-state index contributed by atoms with van der Waals surface area (Å²) in [5.74, 6) is 0.587. The molecule has 0 heterocycles. The number of halogens is 8. The van der Waals surface area contributed by atoms with Crippen LogP contribution in [-0.4, -0.2) is 3.21 Å². The third-order valence-electron chi connectivity index (χ3n) is 7.78. The summed E-state index contributed by atoms with van der Waals surface area (Å²) in [6.07, 6.45) is 1.45. The summed E-state index contributed by atoms with van der Waals surface area (Å²) >= 11 is 0.729. The molecule has 1 aliphatic carbocycles. The van der Waals surface area contributed by atoms with E-state index in [-0.39, 0.29) is 35.9 Å². The van der Waals surface area contributed by atoms with E-state index in [0.717, 1.165) is 48.5 Å². The minimum atomic E-state index is -4.49. The van der Waals surface area contributed by atoms with E-state index in [4.69, 9.17) is 0 Å². The average Bonchev–Trinajstić information content (AvgIpc) is 3.66. The molecule has 1 unspecified atom stereocenters. The largest absolute Gasteiger partial charge is 1.00 e. The van der Waals surface area contributed by atoms with Gasteiger partial charge in [-0.05, 0) is 0 Å². The summed E-state index contributed by atoms with van der Waals surface area (Å²) < 4.78 is 76.7. The van der Waals surface area contributed by atoms with Crippen LogP contribution in [0.4, 0.5) is 26.3 Å². The Labute approximate surface area is 311 Å². The fraction of sp³-hybridized carbons (Fsp3) is 0.250. The van der Waals surface area contributed by atoms with Gasteiger partial charge in [0.15, 0.2) is 0 Å². The molecule has 0 aromatic heterocycles. The van der Waals surface area contributed by atoms with Crippen LogP contribution in [0.2, 0.25) is 0 Å². The van der Waals surface area contributed by atoms with Crippen molar-refractivity contribution < 1.29 is 75.4 Å². The Morgan fingerprint density at radius 3 is 1.53 bits per heavy atom. The fourth-order valence-corrected chi connectivity index (χ4v) is 5.99. The first-order valence-electron chi connectivity index (χ1n) is 15.4. The van der Waals surface area contributed by atoms with Crippen molar-refractivity contribution >= 4 is 24.8 Å². The standard InChI is InChI=1S/C15H8F6.C13H9.C12H19.2ClH.Zr/c16-14(17,18)12-5-1-3-10(8-12)7-11-4-2-6-13(9-11)15(19,20)21;1-3-7-12-10(5-1)9-11-6-2-4-8-13(11)12;1-5-6-10-7-8-11(9-10)12(2,3)4;;;/h1-6,8-9H;1-9H;8-10H,5-6H2,1-4H3;2*1H;/q;2*-1;;;+2/p-2. The van der Waals surface area contributed by atoms with Crippen molar-refractivity contribution in [2.75, 3.05) is 0 Å². The molecule has 5 aromatic rings. The van der Waals surface area contributed by atoms with Crippen LogP contribution in [0.3, 0.4) is 0 Å². The third kappa shape index (κ3) is 11.6. The van der Waals surface area contributed by atoms with Gasteiger partial charge in [-0.2, -0.15) is 11.6 Å². The molecular weight excluding hydrogens is 757 g/mol. The van der Waals surface area contributed by atoms with E-state index in [9.17, 15) is 26.3 Å². The molecule has 9 heteroatoms. The number of rotatable bonds is 4. The summed E-state index contributed by atoms with van der Waals surface area (Å²) in [6.45, 7) is 8.99. The number of benzene rings is 4. The number of alkyl halides is 6. The van der Waals surface area contributed by atoms with Crippen LogP contribution in [0.15, 0.2) is 121 Å². The van der Waals surface area contributed by atoms with Crippen molar-refractivity contribution in [2.24, 2.45) is 11.3 Å². The van der Waals surface area contributed by atoms with Crippen LogP contribution < -0.4 is 24.8 Å². The molecule has 0 nitrogen and oxygen atoms in total. The van der Waals surface area contributed by atoms with E-state index in [1.54, 1.807) is 0 Å². The summed E-state index contributed by atoms with van der Waals surface area (Å²) in [5, 5.41) is 5.39. The minimum absolute atomic E-state index is 0. The summed E-state index contributed by atoms with van der Waals surface area (Å²) in [6, 6.07) is 28.4. The van der Waals surface area contributed by atoms with E-state index in [1.165, 1.54) is 64.2 Å². The van der Waals surface area contributed by atoms with E-state index in [0.29, 0.717) is 14.5 Å². The SMILES string of the molecule is CCCC1[C-]=CC(C(C)(C)C)=C1.FC(F)(F)c1cccc([C](=[Zr+2])c2cccc(C(F)(F)F)c2)c1.[Cl-].[Cl-].c1ccc2c(c1)[cH-]c1ccccc12. The van der Waals surface area contributed by atoms with Gasteiger partial charge in [0.25, 0.3) is 0 Å². The Morgan fingerprint density at radius 2 is 1.14 bits per heavy atom. The second-order valence-corrected chi connectivity index (χ2v) is 13.7. The second kappa shape index (κ2) is 17.9. The van der Waals surface area contributed by atoms with Crippen molar-refractivity contribution in [3.8, 4) is 0 Å². The molecule has 0 bridgehead atoms. The van der Waals surface area contributed by atoms with Gasteiger partial charge in [0.1, 0.15) is 0 Å². The molecule has 5 aromatic carbocycles. The zero-order valence-corrected chi connectivity index (χ0v) is 31.5. The molecular formula is C40H36Cl2F6Zr-2. The van der Waals surface area contributed by atoms with Crippen LogP contribution in [0, 0.1) is 17.4 Å². The summed E-state index contributed by atoms with van der Waals surface area (Å²) in [4.78, 5) is 0. The van der Waals surface area contributed by atoms with Crippen molar-refractivity contribution in [2.45, 2.75) is 52.9 Å². The zero-order chi connectivity index (χ0) is 34.4. The molecule has 0 spiro atoms. The Kier molecular flexibility index (Phi) is 15.4. The van der Waals surface area contributed by atoms with E-state index in [1.807, 2.05) is 0 Å². The molecule has 1 aliphatic rings. The normalized spacial score (nSPS) is 14.1. The minimum Gasteiger partial charge on any atom is -1.00 e. The maximum absolute atomic E-state index is 12.7. The summed E-state index contributed by atoms with van der Waals surface area (Å²) in [7, 11) is 0. The van der Waals surface area contributed by atoms with Crippen LogP contribution >= 0.6 is 0 Å². The van der Waals surface area contributed by atoms with Gasteiger partial charge in [0.05, 0.1) is 0 Å². The maximum Gasteiger partial charge on any atom is -0.0771 e. The first-order chi connectivity index (χ1) is 22.1. The van der Waals surface area contributed by atoms with Gasteiger partial charge in [-0.3, -0.25) is 6.08 Å². The molecule has 0 saturated heterocycles. The second-order valence-electron chi connectivity index (χ2n) is 12.4. The van der Waals surface area contributed by atoms with E-state index in [2.05, 4.69) is 101 Å². The molecule has 0 saturated carbocycles. The smallest absolute Gasteiger partial charge is 0.0771 e. The van der Waals surface area contributed by atoms with E-state index < -0.39 is 23.5 Å². The topological polar surface area (TPSA) is 0 Å². The van der Waals surface area contributed by atoms with Crippen LogP contribution in [0.5, 0.6) is 0 Å². The molecule has 0 amide bonds. The van der Waals surface area contributed by atoms with Crippen LogP contribution in [-0.2, 0) is 36.6 Å². The number of hydrogen-bond acceptors (Lipinski definition) is 0. The Balaban J connectivity index is 0.000000265. The molecule has 0 N–H and O–H groups in total. The Bertz CT molecular complexity index is 1780. The van der Waals surface area contributed by atoms with Crippen LogP contribution in [0.1, 0.15) is 62.8 Å². The van der Waals surface area contributed by atoms with Gasteiger partial charge < -0.3 is 24.8 Å². The van der Waals surface area contributed by atoms with Crippen molar-refractivity contribution in [3.05, 3.63) is 149 Å². The van der Waals surface area contributed by atoms with Gasteiger partial charge in [0, 0.05) is 0 Å². The van der Waals surface area contributed by atoms with E-state index >= 15 is 0 Å². The zero-order valence-electron chi connectivity index (χ0n) is 27.5. The van der Waals surface area contributed by atoms with Crippen molar-refractivity contribution in [1.82, 2.24) is 0 Å². The molecule has 6 rings (SSSR count). The van der Waals surface area contributed by atoms with Gasteiger partial charge in [-0.15, -0.1) is 39.7 Å². The molecule has 0 radical (unpaired) electrons. The Morgan fingerprint density at radius 1 is 0.694 bits per heavy atom. The first kappa shape index (κ1) is 42.3. The van der Waals surface area contributed by atoms with Crippen molar-refractivity contribution in [3.63, 3.8) is 0 Å². The summed E-state index contributed by atoms with van der Waals surface area (Å²) in [5.41, 5.74) is 0.643. The molecule has 0 aliphatic heterocycles. The number of fused-ring (bicyclic) bond motifs is 3. The fourth-order valence-electron chi connectivity index (χ4n) is 5.23. The number of hydrogen-bond donors (Lipinski definition) is 0. The first-order valence-corrected chi connectivity index (χ1v) is 16.6. The molecule has 0 fully saturated rings. The molecule has 1 atom stereocenters.